The Bertz CT molecular complexity index is 1300. The van der Waals surface area contributed by atoms with Crippen molar-refractivity contribution in [2.75, 3.05) is 19.0 Å². The lowest BCUT2D eigenvalue weighted by Gasteiger charge is -2.27. The van der Waals surface area contributed by atoms with Gasteiger partial charge in [0, 0.05) is 32.5 Å². The number of aliphatic carboxylic acids is 1. The van der Waals surface area contributed by atoms with E-state index in [9.17, 15) is 23.1 Å². The van der Waals surface area contributed by atoms with E-state index in [1.54, 1.807) is 75.1 Å². The number of hydrogen-bond donors (Lipinski definition) is 1. The maximum Gasteiger partial charge on any atom is 0.330 e. The van der Waals surface area contributed by atoms with E-state index in [2.05, 4.69) is 24.7 Å². The number of aromatic nitrogens is 2. The summed E-state index contributed by atoms with van der Waals surface area (Å²) in [6, 6.07) is 7.90. The Labute approximate surface area is 239 Å². The van der Waals surface area contributed by atoms with Crippen molar-refractivity contribution in [1.29, 1.82) is 0 Å². The van der Waals surface area contributed by atoms with E-state index in [1.807, 2.05) is 0 Å². The minimum atomic E-state index is -3.65. The molecule has 0 spiro atoms. The molecule has 11 heteroatoms. The van der Waals surface area contributed by atoms with Gasteiger partial charge >= 0.3 is 11.9 Å². The molecule has 1 N–H and O–H groups in total. The molecule has 0 fully saturated rings. The monoisotopic (exact) mass is 592 g/mol. The van der Waals surface area contributed by atoms with Gasteiger partial charge in [-0.05, 0) is 63.8 Å². The molecule has 1 atom stereocenters. The van der Waals surface area contributed by atoms with Crippen LogP contribution in [0, 0.1) is 0 Å². The number of carbonyl (C=O) groups is 2. The molecule has 0 aliphatic rings. The van der Waals surface area contributed by atoms with Gasteiger partial charge in [0.1, 0.15) is 6.73 Å². The van der Waals surface area contributed by atoms with Gasteiger partial charge in [0.15, 0.2) is 9.84 Å². The van der Waals surface area contributed by atoms with Crippen molar-refractivity contribution >= 4 is 35.9 Å². The smallest absolute Gasteiger partial charge is 0.330 e. The molecule has 1 heterocycles. The quantitative estimate of drug-likeness (QED) is 0.121. The number of ether oxygens (including phenoxy) is 2. The minimum Gasteiger partial charge on any atom is -0.481 e. The average molecular weight is 593 g/mol. The molecule has 0 amide bonds. The number of carboxylic acid groups (broad SMARTS) is 1. The maximum absolute atomic E-state index is 13.4. The van der Waals surface area contributed by atoms with E-state index < -0.39 is 40.0 Å². The first-order valence-electron chi connectivity index (χ1n) is 13.5. The Hall–Kier alpha value is -2.76. The Balaban J connectivity index is 2.09. The second-order valence-corrected chi connectivity index (χ2v) is 20.2. The topological polar surface area (TPSA) is 125 Å². The Morgan fingerprint density at radius 3 is 2.48 bits per heavy atom. The lowest BCUT2D eigenvalue weighted by Crippen LogP contribution is -2.35. The van der Waals surface area contributed by atoms with Crippen molar-refractivity contribution in [3.63, 3.8) is 0 Å². The second-order valence-electron chi connectivity index (χ2n) is 11.9. The molecule has 0 saturated heterocycles. The molecule has 40 heavy (non-hydrogen) atoms. The highest BCUT2D eigenvalue weighted by Crippen LogP contribution is 2.34. The van der Waals surface area contributed by atoms with Gasteiger partial charge in [0.05, 0.1) is 28.7 Å². The summed E-state index contributed by atoms with van der Waals surface area (Å²) in [6.45, 7) is 14.6. The van der Waals surface area contributed by atoms with Crippen molar-refractivity contribution in [3.05, 3.63) is 59.4 Å². The standard InChI is InChI=1S/C29H44N2O7SSi/c1-8-38-26(32)14-13-23-11-9-12-24(19-23)29(4,27(33)34)15-10-17-39(35,36)28(2,3)25-20-30-31(21-25)22-37-16-18-40(5,6)7/h9,11-14,19-21H,8,10,15-18,22H2,1-7H3,(H,33,34)/b14-13+. The van der Waals surface area contributed by atoms with Crippen LogP contribution in [-0.4, -0.2) is 62.3 Å². The van der Waals surface area contributed by atoms with E-state index in [4.69, 9.17) is 9.47 Å². The number of esters is 1. The van der Waals surface area contributed by atoms with Gasteiger partial charge in [-0.25, -0.2) is 17.9 Å². The molecule has 222 valence electrons. The SMILES string of the molecule is CCOC(=O)/C=C/c1cccc(C(C)(CCCS(=O)(=O)C(C)(C)c2cnn(COCC[Si](C)(C)C)c2)C(=O)O)c1. The number of carbonyl (C=O) groups excluding carboxylic acids is 1. The van der Waals surface area contributed by atoms with Crippen LogP contribution in [0.1, 0.15) is 57.2 Å². The van der Waals surface area contributed by atoms with Crippen LogP contribution in [-0.2, 0) is 45.8 Å². The van der Waals surface area contributed by atoms with Gasteiger partial charge in [0.25, 0.3) is 0 Å². The zero-order valence-corrected chi connectivity index (χ0v) is 26.6. The lowest BCUT2D eigenvalue weighted by molar-refractivity contribution is -0.143. The number of sulfone groups is 1. The lowest BCUT2D eigenvalue weighted by atomic mass is 9.78. The Morgan fingerprint density at radius 2 is 1.85 bits per heavy atom. The van der Waals surface area contributed by atoms with E-state index in [0.29, 0.717) is 23.3 Å². The highest BCUT2D eigenvalue weighted by molar-refractivity contribution is 7.92. The summed E-state index contributed by atoms with van der Waals surface area (Å²) in [5, 5.41) is 14.4. The molecule has 9 nitrogen and oxygen atoms in total. The summed E-state index contributed by atoms with van der Waals surface area (Å²) in [7, 11) is -4.86. The third-order valence-corrected chi connectivity index (χ3v) is 11.4. The van der Waals surface area contributed by atoms with Crippen molar-refractivity contribution in [2.45, 2.75) is 83.1 Å². The largest absolute Gasteiger partial charge is 0.481 e. The number of nitrogens with zero attached hydrogens (tertiary/aromatic N) is 2. The van der Waals surface area contributed by atoms with Crippen molar-refractivity contribution in [1.82, 2.24) is 9.78 Å². The fraction of sp³-hybridized carbons (Fsp3) is 0.552. The van der Waals surface area contributed by atoms with Crippen LogP contribution in [0.25, 0.3) is 6.08 Å². The van der Waals surface area contributed by atoms with Crippen LogP contribution < -0.4 is 0 Å². The summed E-state index contributed by atoms with van der Waals surface area (Å²) in [6.07, 6.45) is 6.38. The minimum absolute atomic E-state index is 0.118. The average Bonchev–Trinajstić information content (AvgIpc) is 3.34. The predicted molar refractivity (Wildman–Crippen MR) is 159 cm³/mol. The zero-order chi connectivity index (χ0) is 30.2. The highest BCUT2D eigenvalue weighted by atomic mass is 32.2. The van der Waals surface area contributed by atoms with Crippen LogP contribution in [0.2, 0.25) is 25.7 Å². The van der Waals surface area contributed by atoms with Gasteiger partial charge in [-0.15, -0.1) is 0 Å². The van der Waals surface area contributed by atoms with Gasteiger partial charge in [0.2, 0.25) is 0 Å². The summed E-state index contributed by atoms with van der Waals surface area (Å²) < 4.78 is 37.8. The number of carboxylic acids is 1. The van der Waals surface area contributed by atoms with Gasteiger partial charge < -0.3 is 14.6 Å². The van der Waals surface area contributed by atoms with Crippen LogP contribution in [0.3, 0.4) is 0 Å². The van der Waals surface area contributed by atoms with Gasteiger partial charge in [-0.2, -0.15) is 5.10 Å². The molecule has 0 bridgehead atoms. The molecule has 0 aliphatic heterocycles. The van der Waals surface area contributed by atoms with E-state index in [-0.39, 0.29) is 31.9 Å². The molecular weight excluding hydrogens is 548 g/mol. The number of rotatable bonds is 16. The fourth-order valence-corrected chi connectivity index (χ4v) is 6.30. The number of hydrogen-bond acceptors (Lipinski definition) is 7. The van der Waals surface area contributed by atoms with E-state index >= 15 is 0 Å². The van der Waals surface area contributed by atoms with Crippen molar-refractivity contribution in [3.8, 4) is 0 Å². The third kappa shape index (κ3) is 9.14. The van der Waals surface area contributed by atoms with E-state index in [0.717, 1.165) is 6.04 Å². The van der Waals surface area contributed by atoms with Crippen molar-refractivity contribution < 1.29 is 32.6 Å². The molecule has 1 aromatic carbocycles. The molecule has 1 unspecified atom stereocenters. The summed E-state index contributed by atoms with van der Waals surface area (Å²) in [5.41, 5.74) is 0.417. The first-order valence-corrected chi connectivity index (χ1v) is 18.9. The Morgan fingerprint density at radius 1 is 1.15 bits per heavy atom. The molecule has 0 saturated carbocycles. The summed E-state index contributed by atoms with van der Waals surface area (Å²) in [4.78, 5) is 24.0. The Kier molecular flexibility index (Phi) is 11.5. The molecule has 0 radical (unpaired) electrons. The van der Waals surface area contributed by atoms with Crippen LogP contribution in [0.15, 0.2) is 42.7 Å². The molecular formula is C29H44N2O7SSi. The van der Waals surface area contributed by atoms with Crippen LogP contribution >= 0.6 is 0 Å². The first kappa shape index (κ1) is 33.4. The molecule has 2 rings (SSSR count). The summed E-state index contributed by atoms with van der Waals surface area (Å²) in [5.74, 6) is -1.71. The third-order valence-electron chi connectivity index (χ3n) is 7.11. The van der Waals surface area contributed by atoms with Crippen LogP contribution in [0.5, 0.6) is 0 Å². The normalized spacial score (nSPS) is 14.3. The molecule has 0 aliphatic carbocycles. The summed E-state index contributed by atoms with van der Waals surface area (Å²) >= 11 is 0. The van der Waals surface area contributed by atoms with Crippen LogP contribution in [0.4, 0.5) is 0 Å². The maximum atomic E-state index is 13.4. The molecule has 2 aromatic rings. The van der Waals surface area contributed by atoms with Crippen molar-refractivity contribution in [2.24, 2.45) is 0 Å². The highest BCUT2D eigenvalue weighted by Gasteiger charge is 2.39. The predicted octanol–water partition coefficient (Wildman–Crippen LogP) is 5.24. The van der Waals surface area contributed by atoms with Gasteiger partial charge in [-0.3, -0.25) is 4.79 Å². The van der Waals surface area contributed by atoms with E-state index in [1.165, 1.54) is 6.08 Å². The number of benzene rings is 1. The first-order chi connectivity index (χ1) is 18.5. The second kappa shape index (κ2) is 13.7. The van der Waals surface area contributed by atoms with Gasteiger partial charge in [-0.1, -0.05) is 43.9 Å². The fourth-order valence-electron chi connectivity index (χ4n) is 4.05. The molecule has 1 aromatic heterocycles. The zero-order valence-electron chi connectivity index (χ0n) is 24.8.